The van der Waals surface area contributed by atoms with Crippen molar-refractivity contribution >= 4 is 5.95 Å². The standard InChI is InChI=1S/C13H22N4/c1-3-17(10-12-6-4-5-8-14-12)13-15-9-7-11(2)16-13/h7,9,12,14H,3-6,8,10H2,1-2H3. The van der Waals surface area contributed by atoms with Gasteiger partial charge in [-0.15, -0.1) is 0 Å². The minimum atomic E-state index is 0.591. The molecule has 1 aliphatic rings. The molecule has 1 aromatic heterocycles. The van der Waals surface area contributed by atoms with Crippen LogP contribution < -0.4 is 10.2 Å². The summed E-state index contributed by atoms with van der Waals surface area (Å²) in [6.07, 6.45) is 5.75. The number of piperidine rings is 1. The van der Waals surface area contributed by atoms with Crippen LogP contribution in [0.2, 0.25) is 0 Å². The summed E-state index contributed by atoms with van der Waals surface area (Å²) in [7, 11) is 0. The molecule has 17 heavy (non-hydrogen) atoms. The normalized spacial score (nSPS) is 20.2. The van der Waals surface area contributed by atoms with Crippen molar-refractivity contribution in [1.82, 2.24) is 15.3 Å². The van der Waals surface area contributed by atoms with Gasteiger partial charge >= 0.3 is 0 Å². The van der Waals surface area contributed by atoms with Gasteiger partial charge in [0.1, 0.15) is 0 Å². The Morgan fingerprint density at radius 2 is 2.35 bits per heavy atom. The van der Waals surface area contributed by atoms with Crippen molar-refractivity contribution < 1.29 is 0 Å². The van der Waals surface area contributed by atoms with Crippen LogP contribution in [0, 0.1) is 6.92 Å². The van der Waals surface area contributed by atoms with Gasteiger partial charge in [0.2, 0.25) is 5.95 Å². The van der Waals surface area contributed by atoms with E-state index in [1.165, 1.54) is 19.3 Å². The number of rotatable bonds is 4. The van der Waals surface area contributed by atoms with Crippen molar-refractivity contribution in [3.05, 3.63) is 18.0 Å². The zero-order chi connectivity index (χ0) is 12.1. The van der Waals surface area contributed by atoms with Gasteiger partial charge in [-0.1, -0.05) is 6.42 Å². The number of nitrogens with zero attached hydrogens (tertiary/aromatic N) is 3. The molecule has 0 saturated carbocycles. The van der Waals surface area contributed by atoms with Gasteiger partial charge in [-0.3, -0.25) is 0 Å². The molecule has 0 spiro atoms. The summed E-state index contributed by atoms with van der Waals surface area (Å²) in [5, 5.41) is 3.57. The molecule has 1 atom stereocenters. The van der Waals surface area contributed by atoms with E-state index in [4.69, 9.17) is 0 Å². The van der Waals surface area contributed by atoms with Crippen molar-refractivity contribution in [1.29, 1.82) is 0 Å². The third-order valence-corrected chi connectivity index (χ3v) is 3.30. The Bertz CT molecular complexity index is 347. The summed E-state index contributed by atoms with van der Waals surface area (Å²) >= 11 is 0. The first-order valence-electron chi connectivity index (χ1n) is 6.57. The quantitative estimate of drug-likeness (QED) is 0.862. The Labute approximate surface area is 103 Å². The Hall–Kier alpha value is -1.16. The van der Waals surface area contributed by atoms with Crippen molar-refractivity contribution in [2.45, 2.75) is 39.2 Å². The van der Waals surface area contributed by atoms with Gasteiger partial charge in [0.15, 0.2) is 0 Å². The summed E-state index contributed by atoms with van der Waals surface area (Å²) < 4.78 is 0. The molecule has 94 valence electrons. The second kappa shape index (κ2) is 5.96. The number of aryl methyl sites for hydroxylation is 1. The monoisotopic (exact) mass is 234 g/mol. The first-order chi connectivity index (χ1) is 8.29. The molecule has 0 radical (unpaired) electrons. The van der Waals surface area contributed by atoms with Gasteiger partial charge in [0.05, 0.1) is 0 Å². The van der Waals surface area contributed by atoms with Crippen LogP contribution in [0.5, 0.6) is 0 Å². The number of aromatic nitrogens is 2. The van der Waals surface area contributed by atoms with Crippen LogP contribution in [0.1, 0.15) is 31.9 Å². The van der Waals surface area contributed by atoms with Crippen molar-refractivity contribution in [3.8, 4) is 0 Å². The van der Waals surface area contributed by atoms with Crippen molar-refractivity contribution in [2.24, 2.45) is 0 Å². The maximum Gasteiger partial charge on any atom is 0.225 e. The fraction of sp³-hybridized carbons (Fsp3) is 0.692. The molecule has 1 fully saturated rings. The molecule has 0 amide bonds. The maximum absolute atomic E-state index is 4.50. The summed E-state index contributed by atoms with van der Waals surface area (Å²) in [6, 6.07) is 2.53. The molecular weight excluding hydrogens is 212 g/mol. The van der Waals surface area contributed by atoms with Gasteiger partial charge in [-0.2, -0.15) is 0 Å². The van der Waals surface area contributed by atoms with Gasteiger partial charge in [0, 0.05) is 31.0 Å². The topological polar surface area (TPSA) is 41.0 Å². The molecule has 4 heteroatoms. The Balaban J connectivity index is 2.00. The van der Waals surface area contributed by atoms with E-state index < -0.39 is 0 Å². The number of hydrogen-bond acceptors (Lipinski definition) is 4. The zero-order valence-electron chi connectivity index (χ0n) is 10.8. The minimum Gasteiger partial charge on any atom is -0.340 e. The molecule has 0 aliphatic carbocycles. The highest BCUT2D eigenvalue weighted by atomic mass is 15.3. The molecule has 1 saturated heterocycles. The summed E-state index contributed by atoms with van der Waals surface area (Å²) in [5.74, 6) is 0.861. The number of anilines is 1. The average molecular weight is 234 g/mol. The summed E-state index contributed by atoms with van der Waals surface area (Å²) in [5.41, 5.74) is 1.03. The molecule has 1 N–H and O–H groups in total. The Morgan fingerprint density at radius 3 is 3.00 bits per heavy atom. The Morgan fingerprint density at radius 1 is 1.47 bits per heavy atom. The first kappa shape index (κ1) is 12.3. The van der Waals surface area contributed by atoms with E-state index in [-0.39, 0.29) is 0 Å². The average Bonchev–Trinajstić information content (AvgIpc) is 2.37. The lowest BCUT2D eigenvalue weighted by Crippen LogP contribution is -2.44. The summed E-state index contributed by atoms with van der Waals surface area (Å²) in [6.45, 7) is 7.30. The highest BCUT2D eigenvalue weighted by Crippen LogP contribution is 2.12. The second-order valence-electron chi connectivity index (χ2n) is 4.68. The fourth-order valence-electron chi connectivity index (χ4n) is 2.29. The molecule has 2 heterocycles. The van der Waals surface area contributed by atoms with Gasteiger partial charge in [-0.05, 0) is 39.3 Å². The highest BCUT2D eigenvalue weighted by Gasteiger charge is 2.17. The van der Waals surface area contributed by atoms with Crippen LogP contribution in [-0.2, 0) is 0 Å². The Kier molecular flexibility index (Phi) is 4.31. The highest BCUT2D eigenvalue weighted by molar-refractivity contribution is 5.30. The summed E-state index contributed by atoms with van der Waals surface area (Å²) in [4.78, 5) is 11.1. The molecule has 2 rings (SSSR count). The SMILES string of the molecule is CCN(CC1CCCCN1)c1nccc(C)n1. The predicted octanol–water partition coefficient (Wildman–Crippen LogP) is 1.75. The second-order valence-corrected chi connectivity index (χ2v) is 4.68. The lowest BCUT2D eigenvalue weighted by molar-refractivity contribution is 0.399. The molecule has 1 aliphatic heterocycles. The largest absolute Gasteiger partial charge is 0.340 e. The zero-order valence-corrected chi connectivity index (χ0v) is 10.8. The smallest absolute Gasteiger partial charge is 0.225 e. The first-order valence-corrected chi connectivity index (χ1v) is 6.57. The number of likely N-dealkylation sites (N-methyl/N-ethyl adjacent to an activating group) is 1. The molecule has 1 aromatic rings. The van der Waals surface area contributed by atoms with E-state index in [1.54, 1.807) is 0 Å². The predicted molar refractivity (Wildman–Crippen MR) is 70.3 cm³/mol. The van der Waals surface area contributed by atoms with Gasteiger partial charge in [-0.25, -0.2) is 9.97 Å². The third kappa shape index (κ3) is 3.40. The molecule has 0 aromatic carbocycles. The van der Waals surface area contributed by atoms with Gasteiger partial charge < -0.3 is 10.2 Å². The van der Waals surface area contributed by atoms with Crippen molar-refractivity contribution in [2.75, 3.05) is 24.5 Å². The van der Waals surface area contributed by atoms with Crippen LogP contribution in [0.25, 0.3) is 0 Å². The van der Waals surface area contributed by atoms with Crippen LogP contribution in [0.15, 0.2) is 12.3 Å². The molecule has 4 nitrogen and oxygen atoms in total. The maximum atomic E-state index is 4.50. The molecule has 1 unspecified atom stereocenters. The van der Waals surface area contributed by atoms with Crippen LogP contribution in [0.4, 0.5) is 5.95 Å². The molecular formula is C13H22N4. The van der Waals surface area contributed by atoms with Crippen molar-refractivity contribution in [3.63, 3.8) is 0 Å². The van der Waals surface area contributed by atoms with E-state index in [0.29, 0.717) is 6.04 Å². The van der Waals surface area contributed by atoms with Crippen LogP contribution in [0.3, 0.4) is 0 Å². The van der Waals surface area contributed by atoms with E-state index in [2.05, 4.69) is 27.1 Å². The van der Waals surface area contributed by atoms with Gasteiger partial charge in [0.25, 0.3) is 0 Å². The minimum absolute atomic E-state index is 0.591. The number of hydrogen-bond donors (Lipinski definition) is 1. The lowest BCUT2D eigenvalue weighted by Gasteiger charge is -2.30. The lowest BCUT2D eigenvalue weighted by atomic mass is 10.0. The van der Waals surface area contributed by atoms with Crippen LogP contribution >= 0.6 is 0 Å². The van der Waals surface area contributed by atoms with Crippen LogP contribution in [-0.4, -0.2) is 35.6 Å². The molecule has 0 bridgehead atoms. The van der Waals surface area contributed by atoms with E-state index in [9.17, 15) is 0 Å². The van der Waals surface area contributed by atoms with E-state index in [0.717, 1.165) is 31.3 Å². The fourth-order valence-corrected chi connectivity index (χ4v) is 2.29. The van der Waals surface area contributed by atoms with E-state index in [1.807, 2.05) is 19.2 Å². The third-order valence-electron chi connectivity index (χ3n) is 3.30. The number of nitrogens with one attached hydrogen (secondary N) is 1. The van der Waals surface area contributed by atoms with E-state index >= 15 is 0 Å².